The number of benzene rings is 2. The van der Waals surface area contributed by atoms with Gasteiger partial charge in [-0.1, -0.05) is 12.1 Å². The summed E-state index contributed by atoms with van der Waals surface area (Å²) in [6, 6.07) is 13.5. The number of nitrogens with one attached hydrogen (secondary N) is 1. The summed E-state index contributed by atoms with van der Waals surface area (Å²) in [5.74, 6) is -0.250. The van der Waals surface area contributed by atoms with Crippen LogP contribution in [0.2, 0.25) is 0 Å². The van der Waals surface area contributed by atoms with Crippen LogP contribution in [0.3, 0.4) is 0 Å². The Morgan fingerprint density at radius 3 is 2.31 bits per heavy atom. The second-order valence-electron chi connectivity index (χ2n) is 6.98. The van der Waals surface area contributed by atoms with E-state index in [0.717, 1.165) is 33.4 Å². The highest BCUT2D eigenvalue weighted by molar-refractivity contribution is 5.91. The van der Waals surface area contributed by atoms with E-state index in [2.05, 4.69) is 5.32 Å². The van der Waals surface area contributed by atoms with Gasteiger partial charge in [0.15, 0.2) is 0 Å². The van der Waals surface area contributed by atoms with Crippen LogP contribution in [0.1, 0.15) is 11.3 Å². The molecule has 0 saturated heterocycles. The fourth-order valence-corrected chi connectivity index (χ4v) is 3.31. The zero-order valence-electron chi connectivity index (χ0n) is 16.4. The van der Waals surface area contributed by atoms with E-state index in [1.807, 2.05) is 0 Å². The third-order valence-electron chi connectivity index (χ3n) is 4.82. The smallest absolute Gasteiger partial charge is 0.416 e. The molecule has 10 heteroatoms. The molecule has 4 rings (SSSR count). The zero-order chi connectivity index (χ0) is 22.9. The molecule has 2 heterocycles. The first-order valence-corrected chi connectivity index (χ1v) is 9.46. The number of halogens is 3. The van der Waals surface area contributed by atoms with E-state index in [1.54, 1.807) is 36.4 Å². The van der Waals surface area contributed by atoms with Gasteiger partial charge in [0, 0.05) is 5.69 Å². The van der Waals surface area contributed by atoms with E-state index in [4.69, 9.17) is 4.42 Å². The lowest BCUT2D eigenvalue weighted by atomic mass is 10.2. The molecule has 0 saturated carbocycles. The first-order valence-electron chi connectivity index (χ1n) is 9.46. The van der Waals surface area contributed by atoms with Crippen molar-refractivity contribution in [1.29, 1.82) is 0 Å². The number of hydrogen-bond acceptors (Lipinski definition) is 4. The van der Waals surface area contributed by atoms with Crippen LogP contribution in [0.5, 0.6) is 0 Å². The Labute approximate surface area is 178 Å². The maximum Gasteiger partial charge on any atom is 0.416 e. The fourth-order valence-electron chi connectivity index (χ4n) is 3.31. The maximum atomic E-state index is 13.1. The number of para-hydroxylation sites is 1. The number of carbonyl (C=O) groups excluding carboxylic acids is 1. The van der Waals surface area contributed by atoms with Gasteiger partial charge < -0.3 is 9.73 Å². The highest BCUT2D eigenvalue weighted by Gasteiger charge is 2.30. The molecule has 0 aliphatic carbocycles. The lowest BCUT2D eigenvalue weighted by molar-refractivity contribution is -0.137. The number of hydrogen-bond donors (Lipinski definition) is 1. The Hall–Kier alpha value is -4.08. The van der Waals surface area contributed by atoms with Gasteiger partial charge in [-0.25, -0.2) is 4.79 Å². The molecule has 0 radical (unpaired) electrons. The normalized spacial score (nSPS) is 11.6. The van der Waals surface area contributed by atoms with Crippen LogP contribution in [-0.2, 0) is 24.1 Å². The number of amides is 1. The van der Waals surface area contributed by atoms with Crippen LogP contribution < -0.4 is 16.6 Å². The van der Waals surface area contributed by atoms with Gasteiger partial charge in [0.25, 0.3) is 5.56 Å². The van der Waals surface area contributed by atoms with Crippen molar-refractivity contribution in [2.45, 2.75) is 19.3 Å². The van der Waals surface area contributed by atoms with Crippen LogP contribution in [0, 0.1) is 0 Å². The second kappa shape index (κ2) is 8.22. The summed E-state index contributed by atoms with van der Waals surface area (Å²) in [6.45, 7) is -0.561. The molecule has 4 aromatic rings. The van der Waals surface area contributed by atoms with Gasteiger partial charge in [-0.2, -0.15) is 13.2 Å². The molecule has 164 valence electrons. The van der Waals surface area contributed by atoms with E-state index in [9.17, 15) is 27.6 Å². The Balaban J connectivity index is 1.67. The van der Waals surface area contributed by atoms with E-state index in [1.165, 1.54) is 6.26 Å². The molecule has 0 unspecified atom stereocenters. The monoisotopic (exact) mass is 443 g/mol. The van der Waals surface area contributed by atoms with Crippen molar-refractivity contribution in [3.8, 4) is 0 Å². The Kier molecular flexibility index (Phi) is 5.43. The minimum Gasteiger partial charge on any atom is -0.467 e. The molecule has 0 bridgehead atoms. The van der Waals surface area contributed by atoms with Crippen molar-refractivity contribution in [3.63, 3.8) is 0 Å². The highest BCUT2D eigenvalue weighted by atomic mass is 19.4. The summed E-state index contributed by atoms with van der Waals surface area (Å²) < 4.78 is 45.5. The Morgan fingerprint density at radius 1 is 0.938 bits per heavy atom. The Morgan fingerprint density at radius 2 is 1.66 bits per heavy atom. The summed E-state index contributed by atoms with van der Waals surface area (Å²) in [4.78, 5) is 38.5. The molecule has 1 amide bonds. The van der Waals surface area contributed by atoms with Crippen molar-refractivity contribution in [3.05, 3.63) is 99.1 Å². The first-order chi connectivity index (χ1) is 15.2. The van der Waals surface area contributed by atoms with Gasteiger partial charge in [0.05, 0.1) is 29.3 Å². The summed E-state index contributed by atoms with van der Waals surface area (Å²) in [5.41, 5.74) is -1.68. The van der Waals surface area contributed by atoms with Crippen LogP contribution in [0.25, 0.3) is 10.9 Å². The second-order valence-corrected chi connectivity index (χ2v) is 6.98. The largest absolute Gasteiger partial charge is 0.467 e. The van der Waals surface area contributed by atoms with Gasteiger partial charge >= 0.3 is 11.9 Å². The number of nitrogens with zero attached hydrogens (tertiary/aromatic N) is 2. The molecule has 0 aliphatic rings. The number of aromatic nitrogens is 2. The van der Waals surface area contributed by atoms with Gasteiger partial charge in [-0.3, -0.25) is 18.7 Å². The molecule has 0 fully saturated rings. The van der Waals surface area contributed by atoms with E-state index in [0.29, 0.717) is 5.76 Å². The molecule has 0 aliphatic heterocycles. The number of alkyl halides is 3. The van der Waals surface area contributed by atoms with Crippen LogP contribution in [0.4, 0.5) is 18.9 Å². The topological polar surface area (TPSA) is 86.2 Å². The maximum absolute atomic E-state index is 13.1. The van der Waals surface area contributed by atoms with Gasteiger partial charge in [-0.05, 0) is 48.5 Å². The lowest BCUT2D eigenvalue weighted by Gasteiger charge is -2.14. The predicted molar refractivity (Wildman–Crippen MR) is 110 cm³/mol. The number of carbonyl (C=O) groups is 1. The summed E-state index contributed by atoms with van der Waals surface area (Å²) in [5, 5.41) is 2.71. The SMILES string of the molecule is O=C(Cn1c(=O)n(Cc2ccco2)c(=O)c2ccccc21)Nc1ccc(C(F)(F)F)cc1. The molecular weight excluding hydrogens is 427 g/mol. The lowest BCUT2D eigenvalue weighted by Crippen LogP contribution is -2.42. The molecule has 7 nitrogen and oxygen atoms in total. The summed E-state index contributed by atoms with van der Waals surface area (Å²) in [6.07, 6.45) is -3.08. The molecule has 32 heavy (non-hydrogen) atoms. The highest BCUT2D eigenvalue weighted by Crippen LogP contribution is 2.29. The third-order valence-corrected chi connectivity index (χ3v) is 4.82. The van der Waals surface area contributed by atoms with Gasteiger partial charge in [-0.15, -0.1) is 0 Å². The van der Waals surface area contributed by atoms with E-state index in [-0.39, 0.29) is 23.1 Å². The average molecular weight is 443 g/mol. The van der Waals surface area contributed by atoms with Crippen LogP contribution in [0.15, 0.2) is 80.9 Å². The van der Waals surface area contributed by atoms with Crippen LogP contribution >= 0.6 is 0 Å². The zero-order valence-corrected chi connectivity index (χ0v) is 16.4. The van der Waals surface area contributed by atoms with Crippen molar-refractivity contribution >= 4 is 22.5 Å². The van der Waals surface area contributed by atoms with Gasteiger partial charge in [0.2, 0.25) is 5.91 Å². The number of furan rings is 1. The number of anilines is 1. The molecule has 2 aromatic carbocycles. The van der Waals surface area contributed by atoms with Gasteiger partial charge in [0.1, 0.15) is 12.3 Å². The Bertz CT molecular complexity index is 1390. The summed E-state index contributed by atoms with van der Waals surface area (Å²) in [7, 11) is 0. The quantitative estimate of drug-likeness (QED) is 0.512. The molecule has 2 aromatic heterocycles. The minimum atomic E-state index is -4.49. The molecule has 0 spiro atoms. The predicted octanol–water partition coefficient (Wildman–Crippen LogP) is 3.46. The van der Waals surface area contributed by atoms with E-state index >= 15 is 0 Å². The van der Waals surface area contributed by atoms with Crippen molar-refractivity contribution in [2.75, 3.05) is 5.32 Å². The van der Waals surface area contributed by atoms with E-state index < -0.39 is 35.4 Å². The molecule has 1 N–H and O–H groups in total. The number of fused-ring (bicyclic) bond motifs is 1. The van der Waals surface area contributed by atoms with Crippen molar-refractivity contribution < 1.29 is 22.4 Å². The fraction of sp³-hybridized carbons (Fsp3) is 0.136. The first kappa shape index (κ1) is 21.2. The van der Waals surface area contributed by atoms with Crippen LogP contribution in [-0.4, -0.2) is 15.0 Å². The standard InChI is InChI=1S/C22H16F3N3O4/c23-22(24,25)14-7-9-15(10-8-14)26-19(29)13-27-18-6-2-1-5-17(18)20(30)28(21(27)31)12-16-4-3-11-32-16/h1-11H,12-13H2,(H,26,29). The average Bonchev–Trinajstić information content (AvgIpc) is 3.27. The van der Waals surface area contributed by atoms with Crippen molar-refractivity contribution in [2.24, 2.45) is 0 Å². The third kappa shape index (κ3) is 4.20. The van der Waals surface area contributed by atoms with Crippen molar-refractivity contribution in [1.82, 2.24) is 9.13 Å². The summed E-state index contributed by atoms with van der Waals surface area (Å²) >= 11 is 0. The number of rotatable bonds is 5. The molecular formula is C22H16F3N3O4. The molecule has 0 atom stereocenters. The minimum absolute atomic E-state index is 0.115.